The third kappa shape index (κ3) is 3.31. The van der Waals surface area contributed by atoms with Gasteiger partial charge < -0.3 is 10.6 Å². The van der Waals surface area contributed by atoms with E-state index in [9.17, 15) is 14.9 Å². The molecule has 2 N–H and O–H groups in total. The van der Waals surface area contributed by atoms with Gasteiger partial charge in [-0.3, -0.25) is 14.9 Å². The number of carbonyl (C=O) groups excluding carboxylic acids is 1. The first-order chi connectivity index (χ1) is 10.8. The van der Waals surface area contributed by atoms with Crippen LogP contribution in [0.3, 0.4) is 0 Å². The van der Waals surface area contributed by atoms with Crippen molar-refractivity contribution in [1.29, 1.82) is 0 Å². The molecule has 0 heterocycles. The number of nitrogens with two attached hydrogens (primary N) is 1. The van der Waals surface area contributed by atoms with Gasteiger partial charge in [0.05, 0.1) is 10.8 Å². The highest BCUT2D eigenvalue weighted by Crippen LogP contribution is 2.32. The summed E-state index contributed by atoms with van der Waals surface area (Å²) in [6.45, 7) is 1.84. The Labute approximate surface area is 134 Å². The average Bonchev–Trinajstić information content (AvgIpc) is 2.53. The quantitative estimate of drug-likeness (QED) is 0.523. The van der Waals surface area contributed by atoms with Gasteiger partial charge in [-0.2, -0.15) is 0 Å². The Morgan fingerprint density at radius 3 is 2.39 bits per heavy atom. The highest BCUT2D eigenvalue weighted by atomic mass is 16.6. The topological polar surface area (TPSA) is 89.5 Å². The summed E-state index contributed by atoms with van der Waals surface area (Å²) in [5.41, 5.74) is 8.02. The number of nitrogens with zero attached hydrogens (tertiary/aromatic N) is 2. The molecule has 6 heteroatoms. The van der Waals surface area contributed by atoms with Gasteiger partial charge in [0.15, 0.2) is 5.78 Å². The zero-order valence-corrected chi connectivity index (χ0v) is 13.3. The molecule has 1 aromatic carbocycles. The molecule has 0 fully saturated rings. The lowest BCUT2D eigenvalue weighted by Crippen LogP contribution is -2.27. The molecule has 0 spiro atoms. The first-order valence-electron chi connectivity index (χ1n) is 7.14. The number of benzene rings is 1. The van der Waals surface area contributed by atoms with Crippen molar-refractivity contribution in [2.75, 3.05) is 14.1 Å². The van der Waals surface area contributed by atoms with E-state index in [-0.39, 0.29) is 17.2 Å². The van der Waals surface area contributed by atoms with Gasteiger partial charge in [-0.05, 0) is 6.92 Å². The van der Waals surface area contributed by atoms with E-state index in [0.717, 1.165) is 5.70 Å². The molecule has 1 unspecified atom stereocenters. The van der Waals surface area contributed by atoms with Crippen LogP contribution in [-0.2, 0) is 0 Å². The molecule has 0 aliphatic heterocycles. The number of hydrogen-bond donors (Lipinski definition) is 1. The molecule has 1 atom stereocenters. The van der Waals surface area contributed by atoms with Gasteiger partial charge in [-0.15, -0.1) is 0 Å². The van der Waals surface area contributed by atoms with Crippen molar-refractivity contribution in [3.63, 3.8) is 0 Å². The van der Waals surface area contributed by atoms with Crippen LogP contribution in [0.1, 0.15) is 17.3 Å². The second-order valence-electron chi connectivity index (χ2n) is 5.55. The van der Waals surface area contributed by atoms with E-state index in [1.165, 1.54) is 12.2 Å². The number of nitro groups is 1. The Morgan fingerprint density at radius 2 is 1.87 bits per heavy atom. The summed E-state index contributed by atoms with van der Waals surface area (Å²) in [5, 5.41) is 11.1. The first kappa shape index (κ1) is 16.5. The third-order valence-electron chi connectivity index (χ3n) is 3.88. The van der Waals surface area contributed by atoms with E-state index in [0.29, 0.717) is 11.1 Å². The molecule has 120 valence electrons. The minimum Gasteiger partial charge on any atom is -0.398 e. The molecule has 6 nitrogen and oxygen atoms in total. The summed E-state index contributed by atoms with van der Waals surface area (Å²) in [5.74, 6) is -0.984. The standard InChI is InChI=1S/C17H19N3O3/c1-11(19(2)3)16-14(9-13(20(22)23)10-15(16)18)17(21)12-7-5-4-6-8-12/h4-10,14H,18H2,1-3H3. The highest BCUT2D eigenvalue weighted by Gasteiger charge is 2.32. The fourth-order valence-electron chi connectivity index (χ4n) is 2.50. The van der Waals surface area contributed by atoms with Crippen LogP contribution in [0.4, 0.5) is 0 Å². The zero-order chi connectivity index (χ0) is 17.1. The van der Waals surface area contributed by atoms with Crippen molar-refractivity contribution in [1.82, 2.24) is 4.90 Å². The maximum Gasteiger partial charge on any atom is 0.268 e. The Morgan fingerprint density at radius 1 is 1.26 bits per heavy atom. The fourth-order valence-corrected chi connectivity index (χ4v) is 2.50. The van der Waals surface area contributed by atoms with E-state index >= 15 is 0 Å². The van der Waals surface area contributed by atoms with E-state index in [4.69, 9.17) is 5.73 Å². The minimum atomic E-state index is -0.773. The Kier molecular flexibility index (Phi) is 4.64. The fraction of sp³-hybridized carbons (Fsp3) is 0.235. The molecule has 1 aliphatic carbocycles. The zero-order valence-electron chi connectivity index (χ0n) is 13.3. The number of allylic oxidation sites excluding steroid dienone is 4. The number of hydrogen-bond acceptors (Lipinski definition) is 5. The van der Waals surface area contributed by atoms with Crippen LogP contribution < -0.4 is 5.73 Å². The number of rotatable bonds is 4. The minimum absolute atomic E-state index is 0.160. The summed E-state index contributed by atoms with van der Waals surface area (Å²) in [7, 11) is 3.68. The van der Waals surface area contributed by atoms with Crippen molar-refractivity contribution in [2.24, 2.45) is 11.7 Å². The molecule has 0 saturated heterocycles. The van der Waals surface area contributed by atoms with Gasteiger partial charge >= 0.3 is 0 Å². The second-order valence-corrected chi connectivity index (χ2v) is 5.55. The van der Waals surface area contributed by atoms with Crippen molar-refractivity contribution >= 4 is 5.78 Å². The number of carbonyl (C=O) groups is 1. The maximum atomic E-state index is 12.8. The lowest BCUT2D eigenvalue weighted by Gasteiger charge is -2.25. The van der Waals surface area contributed by atoms with E-state index < -0.39 is 10.8 Å². The second kappa shape index (κ2) is 6.48. The molecule has 0 amide bonds. The smallest absolute Gasteiger partial charge is 0.268 e. The Balaban J connectivity index is 2.59. The molecular weight excluding hydrogens is 294 g/mol. The van der Waals surface area contributed by atoms with Gasteiger partial charge in [0.2, 0.25) is 0 Å². The summed E-state index contributed by atoms with van der Waals surface area (Å²) < 4.78 is 0. The van der Waals surface area contributed by atoms with Crippen LogP contribution in [0, 0.1) is 16.0 Å². The van der Waals surface area contributed by atoms with Gasteiger partial charge in [0.1, 0.15) is 0 Å². The highest BCUT2D eigenvalue weighted by molar-refractivity contribution is 6.01. The van der Waals surface area contributed by atoms with Crippen molar-refractivity contribution in [3.8, 4) is 0 Å². The molecule has 23 heavy (non-hydrogen) atoms. The lowest BCUT2D eigenvalue weighted by atomic mass is 9.83. The molecule has 2 rings (SSSR count). The Hall–Kier alpha value is -2.89. The van der Waals surface area contributed by atoms with Crippen LogP contribution in [0.5, 0.6) is 0 Å². The van der Waals surface area contributed by atoms with Crippen LogP contribution in [0.2, 0.25) is 0 Å². The van der Waals surface area contributed by atoms with Gasteiger partial charge in [0.25, 0.3) is 5.70 Å². The molecular formula is C17H19N3O3. The van der Waals surface area contributed by atoms with Crippen molar-refractivity contribution in [3.05, 3.63) is 80.8 Å². The third-order valence-corrected chi connectivity index (χ3v) is 3.88. The monoisotopic (exact) mass is 313 g/mol. The van der Waals surface area contributed by atoms with Crippen LogP contribution in [0.15, 0.2) is 65.1 Å². The van der Waals surface area contributed by atoms with Crippen LogP contribution in [0.25, 0.3) is 0 Å². The SMILES string of the molecule is CC(=C1C(N)=CC([N+](=O)[O-])=CC1C(=O)c1ccccc1)N(C)C. The predicted octanol–water partition coefficient (Wildman–Crippen LogP) is 2.34. The molecule has 0 radical (unpaired) electrons. The van der Waals surface area contributed by atoms with Gasteiger partial charge in [0, 0.05) is 48.8 Å². The van der Waals surface area contributed by atoms with E-state index in [2.05, 4.69) is 0 Å². The predicted molar refractivity (Wildman–Crippen MR) is 88.0 cm³/mol. The normalized spacial score (nSPS) is 19.5. The molecule has 1 aliphatic rings. The average molecular weight is 313 g/mol. The maximum absolute atomic E-state index is 12.8. The van der Waals surface area contributed by atoms with Gasteiger partial charge in [-0.1, -0.05) is 30.3 Å². The van der Waals surface area contributed by atoms with E-state index in [1.54, 1.807) is 24.3 Å². The molecule has 0 aromatic heterocycles. The summed E-state index contributed by atoms with van der Waals surface area (Å²) in [4.78, 5) is 25.3. The summed E-state index contributed by atoms with van der Waals surface area (Å²) in [6, 6.07) is 8.72. The number of ketones is 1. The van der Waals surface area contributed by atoms with Crippen LogP contribution in [-0.4, -0.2) is 29.7 Å². The van der Waals surface area contributed by atoms with Gasteiger partial charge in [-0.25, -0.2) is 0 Å². The molecule has 0 saturated carbocycles. The molecule has 0 bridgehead atoms. The summed E-state index contributed by atoms with van der Waals surface area (Å²) >= 11 is 0. The first-order valence-corrected chi connectivity index (χ1v) is 7.14. The van der Waals surface area contributed by atoms with Crippen molar-refractivity contribution in [2.45, 2.75) is 6.92 Å². The number of Topliss-reactive ketones (excluding diaryl/α,β-unsaturated/α-hetero) is 1. The Bertz CT molecular complexity index is 731. The molecule has 1 aromatic rings. The largest absolute Gasteiger partial charge is 0.398 e. The van der Waals surface area contributed by atoms with Crippen molar-refractivity contribution < 1.29 is 9.72 Å². The lowest BCUT2D eigenvalue weighted by molar-refractivity contribution is -0.419. The van der Waals surface area contributed by atoms with Crippen LogP contribution >= 0.6 is 0 Å². The van der Waals surface area contributed by atoms with E-state index in [1.807, 2.05) is 32.0 Å². The summed E-state index contributed by atoms with van der Waals surface area (Å²) in [6.07, 6.45) is 2.67.